The first-order valence-electron chi connectivity index (χ1n) is 5.69. The Kier molecular flexibility index (Phi) is 5.90. The molecule has 0 radical (unpaired) electrons. The van der Waals surface area contributed by atoms with Crippen molar-refractivity contribution in [3.63, 3.8) is 0 Å². The summed E-state index contributed by atoms with van der Waals surface area (Å²) in [6.45, 7) is 5.93. The van der Waals surface area contributed by atoms with Gasteiger partial charge in [0.25, 0.3) is 0 Å². The monoisotopic (exact) mass is 216 g/mol. The van der Waals surface area contributed by atoms with E-state index in [1.165, 1.54) is 38.1 Å². The molecule has 0 aromatic rings. The first-order valence-corrected chi connectivity index (χ1v) is 7.08. The highest BCUT2D eigenvalue weighted by atomic mass is 32.2. The topological polar surface area (TPSA) is 29.3 Å². The fraction of sp³-hybridized carbons (Fsp3) is 1.00. The highest BCUT2D eigenvalue weighted by molar-refractivity contribution is 7.98. The van der Waals surface area contributed by atoms with Crippen molar-refractivity contribution in [2.24, 2.45) is 11.7 Å². The quantitative estimate of drug-likeness (QED) is 0.711. The number of unbranched alkanes of at least 4 members (excludes halogenated alkanes) is 1. The standard InChI is InChI=1S/C11H24N2S/c1-10-7-11(12)9-13(8-10)5-3-4-6-14-2/h10-11H,3-9,12H2,1-2H3. The van der Waals surface area contributed by atoms with Crippen molar-refractivity contribution in [2.45, 2.75) is 32.2 Å². The maximum absolute atomic E-state index is 6.00. The smallest absolute Gasteiger partial charge is 0.0170 e. The van der Waals surface area contributed by atoms with Crippen LogP contribution in [-0.4, -0.2) is 42.6 Å². The third kappa shape index (κ3) is 4.67. The van der Waals surface area contributed by atoms with Gasteiger partial charge in [-0.3, -0.25) is 0 Å². The van der Waals surface area contributed by atoms with Crippen LogP contribution in [0.2, 0.25) is 0 Å². The number of thioether (sulfide) groups is 1. The maximum Gasteiger partial charge on any atom is 0.0170 e. The zero-order valence-corrected chi connectivity index (χ0v) is 10.4. The Bertz CT molecular complexity index is 142. The van der Waals surface area contributed by atoms with E-state index in [4.69, 9.17) is 5.73 Å². The second kappa shape index (κ2) is 6.70. The Balaban J connectivity index is 2.10. The molecule has 14 heavy (non-hydrogen) atoms. The Labute approximate surface area is 92.6 Å². The highest BCUT2D eigenvalue weighted by Gasteiger charge is 2.21. The van der Waals surface area contributed by atoms with Crippen LogP contribution in [0.15, 0.2) is 0 Å². The fourth-order valence-corrected chi connectivity index (χ4v) is 2.77. The largest absolute Gasteiger partial charge is 0.327 e. The zero-order valence-electron chi connectivity index (χ0n) is 9.54. The molecular weight excluding hydrogens is 192 g/mol. The highest BCUT2D eigenvalue weighted by Crippen LogP contribution is 2.15. The molecule has 1 heterocycles. The average molecular weight is 216 g/mol. The van der Waals surface area contributed by atoms with Gasteiger partial charge in [-0.05, 0) is 43.7 Å². The Hall–Kier alpha value is 0.270. The number of hydrogen-bond acceptors (Lipinski definition) is 3. The molecule has 84 valence electrons. The van der Waals surface area contributed by atoms with Crippen LogP contribution in [0, 0.1) is 5.92 Å². The van der Waals surface area contributed by atoms with Gasteiger partial charge in [0, 0.05) is 19.1 Å². The molecule has 2 N–H and O–H groups in total. The molecule has 2 unspecified atom stereocenters. The van der Waals surface area contributed by atoms with Crippen LogP contribution in [0.1, 0.15) is 26.2 Å². The molecule has 3 heteroatoms. The minimum atomic E-state index is 0.416. The average Bonchev–Trinajstić information content (AvgIpc) is 2.11. The molecule has 0 amide bonds. The van der Waals surface area contributed by atoms with Gasteiger partial charge in [0.05, 0.1) is 0 Å². The van der Waals surface area contributed by atoms with Gasteiger partial charge in [-0.15, -0.1) is 0 Å². The van der Waals surface area contributed by atoms with Crippen molar-refractivity contribution >= 4 is 11.8 Å². The molecular formula is C11H24N2S. The lowest BCUT2D eigenvalue weighted by atomic mass is 9.96. The van der Waals surface area contributed by atoms with Crippen molar-refractivity contribution in [3.05, 3.63) is 0 Å². The first-order chi connectivity index (χ1) is 6.72. The van der Waals surface area contributed by atoms with Gasteiger partial charge in [0.1, 0.15) is 0 Å². The summed E-state index contributed by atoms with van der Waals surface area (Å²) in [6, 6.07) is 0.416. The zero-order chi connectivity index (χ0) is 10.4. The Morgan fingerprint density at radius 2 is 2.14 bits per heavy atom. The van der Waals surface area contributed by atoms with Crippen LogP contribution in [0.5, 0.6) is 0 Å². The van der Waals surface area contributed by atoms with Crippen LogP contribution in [0.3, 0.4) is 0 Å². The Morgan fingerprint density at radius 1 is 1.36 bits per heavy atom. The number of nitrogens with zero attached hydrogens (tertiary/aromatic N) is 1. The van der Waals surface area contributed by atoms with E-state index in [0.717, 1.165) is 12.5 Å². The number of nitrogens with two attached hydrogens (primary N) is 1. The van der Waals surface area contributed by atoms with Crippen molar-refractivity contribution < 1.29 is 0 Å². The second-order valence-corrected chi connectivity index (χ2v) is 5.55. The minimum absolute atomic E-state index is 0.416. The van der Waals surface area contributed by atoms with Crippen molar-refractivity contribution in [3.8, 4) is 0 Å². The molecule has 0 aromatic heterocycles. The predicted molar refractivity (Wildman–Crippen MR) is 65.8 cm³/mol. The lowest BCUT2D eigenvalue weighted by Crippen LogP contribution is -2.46. The SMILES string of the molecule is CSCCCCN1CC(C)CC(N)C1. The van der Waals surface area contributed by atoms with Crippen LogP contribution < -0.4 is 5.73 Å². The molecule has 0 spiro atoms. The molecule has 0 bridgehead atoms. The van der Waals surface area contributed by atoms with Crippen LogP contribution in [-0.2, 0) is 0 Å². The number of piperidine rings is 1. The maximum atomic E-state index is 6.00. The molecule has 1 saturated heterocycles. The van der Waals surface area contributed by atoms with Crippen molar-refractivity contribution in [1.29, 1.82) is 0 Å². The van der Waals surface area contributed by atoms with Crippen LogP contribution >= 0.6 is 11.8 Å². The van der Waals surface area contributed by atoms with E-state index in [9.17, 15) is 0 Å². The van der Waals surface area contributed by atoms with E-state index in [-0.39, 0.29) is 0 Å². The van der Waals surface area contributed by atoms with E-state index in [1.54, 1.807) is 0 Å². The van der Waals surface area contributed by atoms with Gasteiger partial charge in [0.15, 0.2) is 0 Å². The molecule has 2 atom stereocenters. The van der Waals surface area contributed by atoms with E-state index >= 15 is 0 Å². The van der Waals surface area contributed by atoms with E-state index in [2.05, 4.69) is 18.1 Å². The van der Waals surface area contributed by atoms with Gasteiger partial charge in [-0.25, -0.2) is 0 Å². The summed E-state index contributed by atoms with van der Waals surface area (Å²) in [5.74, 6) is 2.09. The van der Waals surface area contributed by atoms with Gasteiger partial charge < -0.3 is 10.6 Å². The van der Waals surface area contributed by atoms with Gasteiger partial charge in [-0.1, -0.05) is 6.92 Å². The van der Waals surface area contributed by atoms with Crippen molar-refractivity contribution in [1.82, 2.24) is 4.90 Å². The molecule has 1 aliphatic rings. The van der Waals surface area contributed by atoms with Crippen LogP contribution in [0.4, 0.5) is 0 Å². The van der Waals surface area contributed by atoms with Crippen LogP contribution in [0.25, 0.3) is 0 Å². The summed E-state index contributed by atoms with van der Waals surface area (Å²) in [6.07, 6.45) is 6.07. The molecule has 0 aromatic carbocycles. The third-order valence-corrected chi connectivity index (χ3v) is 3.54. The fourth-order valence-electron chi connectivity index (χ4n) is 2.28. The molecule has 0 aliphatic carbocycles. The summed E-state index contributed by atoms with van der Waals surface area (Å²) < 4.78 is 0. The number of likely N-dealkylation sites (tertiary alicyclic amines) is 1. The molecule has 2 nitrogen and oxygen atoms in total. The van der Waals surface area contributed by atoms with E-state index in [1.807, 2.05) is 11.8 Å². The second-order valence-electron chi connectivity index (χ2n) is 4.56. The minimum Gasteiger partial charge on any atom is -0.327 e. The Morgan fingerprint density at radius 3 is 2.79 bits per heavy atom. The van der Waals surface area contributed by atoms with Gasteiger partial charge in [0.2, 0.25) is 0 Å². The molecule has 1 aliphatic heterocycles. The summed E-state index contributed by atoms with van der Waals surface area (Å²) in [4.78, 5) is 2.54. The normalized spacial score (nSPS) is 29.4. The lowest BCUT2D eigenvalue weighted by molar-refractivity contribution is 0.163. The first kappa shape index (κ1) is 12.3. The molecule has 1 fully saturated rings. The number of hydrogen-bond donors (Lipinski definition) is 1. The van der Waals surface area contributed by atoms with Gasteiger partial charge in [-0.2, -0.15) is 11.8 Å². The van der Waals surface area contributed by atoms with Crippen molar-refractivity contribution in [2.75, 3.05) is 31.6 Å². The summed E-state index contributed by atoms with van der Waals surface area (Å²) in [5, 5.41) is 0. The van der Waals surface area contributed by atoms with Gasteiger partial charge >= 0.3 is 0 Å². The summed E-state index contributed by atoms with van der Waals surface area (Å²) in [7, 11) is 0. The number of rotatable bonds is 5. The van der Waals surface area contributed by atoms with E-state index in [0.29, 0.717) is 6.04 Å². The lowest BCUT2D eigenvalue weighted by Gasteiger charge is -2.34. The summed E-state index contributed by atoms with van der Waals surface area (Å²) >= 11 is 1.95. The van der Waals surface area contributed by atoms with E-state index < -0.39 is 0 Å². The third-order valence-electron chi connectivity index (χ3n) is 2.84. The molecule has 1 rings (SSSR count). The summed E-state index contributed by atoms with van der Waals surface area (Å²) in [5.41, 5.74) is 6.00. The predicted octanol–water partition coefficient (Wildman–Crippen LogP) is 1.80. The molecule has 0 saturated carbocycles.